The van der Waals surface area contributed by atoms with Gasteiger partial charge in [0, 0.05) is 22.4 Å². The van der Waals surface area contributed by atoms with Crippen molar-refractivity contribution in [1.82, 2.24) is 4.72 Å². The zero-order valence-electron chi connectivity index (χ0n) is 21.3. The molecule has 6 nitrogen and oxygen atoms in total. The Balaban J connectivity index is 2.12. The molecule has 0 amide bonds. The Morgan fingerprint density at radius 1 is 1.24 bits per heavy atom. The van der Waals surface area contributed by atoms with Crippen LogP contribution >= 0.6 is 0 Å². The fourth-order valence-corrected chi connectivity index (χ4v) is 4.55. The topological polar surface area (TPSA) is 79.9 Å². The van der Waals surface area contributed by atoms with Crippen LogP contribution in [0.25, 0.3) is 0 Å². The van der Waals surface area contributed by atoms with Gasteiger partial charge >= 0.3 is 13.1 Å². The Labute approximate surface area is 204 Å². The number of nitrogens with one attached hydrogen (secondary N) is 1. The number of esters is 1. The SMILES string of the molecule is CCOC(=O)CC(N[S+]([O-])C(C)(C)C)c1c(F)c(B2OC(C)(C)C(C)(C)O2)cc(C2CC2)c1F. The summed E-state index contributed by atoms with van der Waals surface area (Å²) in [5, 5.41) is 0. The van der Waals surface area contributed by atoms with Gasteiger partial charge in [-0.2, -0.15) is 0 Å². The first kappa shape index (κ1) is 27.4. The van der Waals surface area contributed by atoms with Gasteiger partial charge in [0.15, 0.2) is 0 Å². The highest BCUT2D eigenvalue weighted by Crippen LogP contribution is 2.44. The minimum absolute atomic E-state index is 0.0446. The standard InChI is InChI=1S/C24H36BF2NO5S/c1-9-31-18(29)13-17(28-34(30)22(2,3)4)19-20(26)15(14-10-11-14)12-16(21(19)27)25-32-23(5,6)24(7,8)33-25/h12,14,17,28H,9-11,13H2,1-8H3. The van der Waals surface area contributed by atoms with Gasteiger partial charge in [-0.25, -0.2) is 8.78 Å². The Morgan fingerprint density at radius 2 is 1.79 bits per heavy atom. The van der Waals surface area contributed by atoms with E-state index in [4.69, 9.17) is 14.0 Å². The number of hydrogen-bond donors (Lipinski definition) is 1. The average molecular weight is 499 g/mol. The van der Waals surface area contributed by atoms with E-state index in [-0.39, 0.29) is 30.0 Å². The molecule has 2 atom stereocenters. The van der Waals surface area contributed by atoms with Gasteiger partial charge in [0.1, 0.15) is 16.4 Å². The number of carbonyl (C=O) groups excluding carboxylic acids is 1. The van der Waals surface area contributed by atoms with Crippen LogP contribution in [-0.4, -0.2) is 40.2 Å². The Bertz CT molecular complexity index is 917. The van der Waals surface area contributed by atoms with Gasteiger partial charge in [-0.3, -0.25) is 4.79 Å². The molecule has 2 aliphatic rings. The molecule has 1 aromatic carbocycles. The van der Waals surface area contributed by atoms with Gasteiger partial charge in [-0.05, 0) is 79.7 Å². The highest BCUT2D eigenvalue weighted by Gasteiger charge is 2.53. The normalized spacial score (nSPS) is 21.4. The third kappa shape index (κ3) is 5.62. The van der Waals surface area contributed by atoms with Crippen molar-refractivity contribution in [3.8, 4) is 0 Å². The minimum Gasteiger partial charge on any atom is -0.598 e. The maximum atomic E-state index is 16.1. The first-order chi connectivity index (χ1) is 15.6. The average Bonchev–Trinajstić information content (AvgIpc) is 3.48. The molecule has 0 radical (unpaired) electrons. The van der Waals surface area contributed by atoms with Crippen LogP contribution in [0.3, 0.4) is 0 Å². The molecule has 1 saturated heterocycles. The summed E-state index contributed by atoms with van der Waals surface area (Å²) in [6, 6.07) is 0.287. The van der Waals surface area contributed by atoms with Crippen molar-refractivity contribution in [3.63, 3.8) is 0 Å². The molecule has 2 unspecified atom stereocenters. The predicted molar refractivity (Wildman–Crippen MR) is 129 cm³/mol. The third-order valence-corrected chi connectivity index (χ3v) is 8.26. The molecule has 34 heavy (non-hydrogen) atoms. The molecule has 1 aliphatic carbocycles. The summed E-state index contributed by atoms with van der Waals surface area (Å²) in [5.74, 6) is -2.28. The fraction of sp³-hybridized carbons (Fsp3) is 0.708. The summed E-state index contributed by atoms with van der Waals surface area (Å²) >= 11 is -1.69. The van der Waals surface area contributed by atoms with Gasteiger partial charge in [0.2, 0.25) is 0 Å². The summed E-state index contributed by atoms with van der Waals surface area (Å²) < 4.78 is 64.0. The Hall–Kier alpha value is -1.20. The fourth-order valence-electron chi connectivity index (χ4n) is 3.74. The molecule has 3 rings (SSSR count). The van der Waals surface area contributed by atoms with Crippen molar-refractivity contribution in [2.24, 2.45) is 0 Å². The summed E-state index contributed by atoms with van der Waals surface area (Å²) in [6.45, 7) is 14.4. The van der Waals surface area contributed by atoms with Crippen molar-refractivity contribution in [2.45, 2.75) is 103 Å². The van der Waals surface area contributed by atoms with Crippen LogP contribution in [0, 0.1) is 11.6 Å². The van der Waals surface area contributed by atoms with E-state index in [1.807, 2.05) is 27.7 Å². The molecule has 1 saturated carbocycles. The second kappa shape index (κ2) is 9.69. The zero-order valence-corrected chi connectivity index (χ0v) is 22.2. The predicted octanol–water partition coefficient (Wildman–Crippen LogP) is 4.19. The summed E-state index contributed by atoms with van der Waals surface area (Å²) in [4.78, 5) is 12.4. The van der Waals surface area contributed by atoms with E-state index in [9.17, 15) is 9.35 Å². The number of hydrogen-bond acceptors (Lipinski definition) is 6. The second-order valence-electron chi connectivity index (χ2n) is 11.0. The highest BCUT2D eigenvalue weighted by atomic mass is 32.2. The van der Waals surface area contributed by atoms with E-state index in [1.165, 1.54) is 6.07 Å². The molecular formula is C24H36BF2NO5S. The van der Waals surface area contributed by atoms with Crippen LogP contribution in [0.15, 0.2) is 6.07 Å². The maximum Gasteiger partial charge on any atom is 0.497 e. The van der Waals surface area contributed by atoms with E-state index >= 15 is 8.78 Å². The van der Waals surface area contributed by atoms with Gasteiger partial charge in [0.25, 0.3) is 0 Å². The minimum atomic E-state index is -1.69. The van der Waals surface area contributed by atoms with Crippen molar-refractivity contribution in [2.75, 3.05) is 6.61 Å². The van der Waals surface area contributed by atoms with Crippen LogP contribution in [-0.2, 0) is 30.2 Å². The first-order valence-electron chi connectivity index (χ1n) is 11.8. The van der Waals surface area contributed by atoms with Crippen LogP contribution in [0.1, 0.15) is 97.7 Å². The molecule has 190 valence electrons. The van der Waals surface area contributed by atoms with Crippen molar-refractivity contribution in [1.29, 1.82) is 0 Å². The second-order valence-corrected chi connectivity index (χ2v) is 13.0. The highest BCUT2D eigenvalue weighted by molar-refractivity contribution is 7.90. The van der Waals surface area contributed by atoms with Gasteiger partial charge in [-0.1, -0.05) is 6.07 Å². The quantitative estimate of drug-likeness (QED) is 0.328. The maximum absolute atomic E-state index is 16.1. The molecule has 2 fully saturated rings. The number of benzene rings is 1. The van der Waals surface area contributed by atoms with Crippen LogP contribution in [0.2, 0.25) is 0 Å². The van der Waals surface area contributed by atoms with E-state index < -0.39 is 58.1 Å². The smallest absolute Gasteiger partial charge is 0.497 e. The monoisotopic (exact) mass is 499 g/mol. The molecule has 0 aromatic heterocycles. The number of ether oxygens (including phenoxy) is 1. The Morgan fingerprint density at radius 3 is 2.26 bits per heavy atom. The van der Waals surface area contributed by atoms with E-state index in [2.05, 4.69) is 4.72 Å². The van der Waals surface area contributed by atoms with Gasteiger partial charge in [0.05, 0.1) is 30.3 Å². The lowest BCUT2D eigenvalue weighted by molar-refractivity contribution is -0.143. The van der Waals surface area contributed by atoms with Crippen LogP contribution in [0.5, 0.6) is 0 Å². The molecule has 1 N–H and O–H groups in total. The van der Waals surface area contributed by atoms with Gasteiger partial charge < -0.3 is 18.6 Å². The molecule has 0 bridgehead atoms. The summed E-state index contributed by atoms with van der Waals surface area (Å²) in [6.07, 6.45) is 1.20. The summed E-state index contributed by atoms with van der Waals surface area (Å²) in [7, 11) is -1.04. The largest absolute Gasteiger partial charge is 0.598 e. The molecule has 1 aromatic rings. The van der Waals surface area contributed by atoms with E-state index in [0.29, 0.717) is 5.56 Å². The van der Waals surface area contributed by atoms with E-state index in [0.717, 1.165) is 12.8 Å². The number of rotatable bonds is 8. The zero-order chi connectivity index (χ0) is 25.6. The summed E-state index contributed by atoms with van der Waals surface area (Å²) in [5.41, 5.74) is -1.32. The van der Waals surface area contributed by atoms with E-state index in [1.54, 1.807) is 27.7 Å². The molecular weight excluding hydrogens is 463 g/mol. The number of halogens is 2. The van der Waals surface area contributed by atoms with Crippen molar-refractivity contribution < 1.29 is 32.2 Å². The number of carbonyl (C=O) groups is 1. The first-order valence-corrected chi connectivity index (χ1v) is 12.9. The Kier molecular flexibility index (Phi) is 7.81. The molecule has 1 aliphatic heterocycles. The van der Waals surface area contributed by atoms with Gasteiger partial charge in [-0.15, -0.1) is 4.72 Å². The lowest BCUT2D eigenvalue weighted by Crippen LogP contribution is -2.44. The van der Waals surface area contributed by atoms with Crippen LogP contribution in [0.4, 0.5) is 8.78 Å². The lowest BCUT2D eigenvalue weighted by Gasteiger charge is -2.32. The van der Waals surface area contributed by atoms with Crippen LogP contribution < -0.4 is 10.2 Å². The molecule has 10 heteroatoms. The molecule has 0 spiro atoms. The lowest BCUT2D eigenvalue weighted by atomic mass is 9.75. The van der Waals surface area contributed by atoms with Crippen molar-refractivity contribution in [3.05, 3.63) is 28.8 Å². The third-order valence-electron chi connectivity index (χ3n) is 6.65. The van der Waals surface area contributed by atoms with Crippen molar-refractivity contribution >= 4 is 29.9 Å². The molecule has 1 heterocycles.